The first-order chi connectivity index (χ1) is 6.85. The van der Waals surface area contributed by atoms with Crippen LogP contribution in [0.5, 0.6) is 0 Å². The van der Waals surface area contributed by atoms with E-state index < -0.39 is 0 Å². The highest BCUT2D eigenvalue weighted by Gasteiger charge is 2.13. The van der Waals surface area contributed by atoms with Crippen molar-refractivity contribution in [2.45, 2.75) is 12.8 Å². The van der Waals surface area contributed by atoms with E-state index in [1.54, 1.807) is 6.07 Å². The van der Waals surface area contributed by atoms with Crippen LogP contribution >= 0.6 is 0 Å². The lowest BCUT2D eigenvalue weighted by Gasteiger charge is -2.19. The van der Waals surface area contributed by atoms with Gasteiger partial charge in [-0.1, -0.05) is 0 Å². The molecular formula is C11H9N3. The van der Waals surface area contributed by atoms with Gasteiger partial charge in [0.25, 0.3) is 0 Å². The predicted molar refractivity (Wildman–Crippen MR) is 52.7 cm³/mol. The molecule has 3 nitrogen and oxygen atoms in total. The lowest BCUT2D eigenvalue weighted by Crippen LogP contribution is -2.13. The van der Waals surface area contributed by atoms with Gasteiger partial charge >= 0.3 is 0 Å². The van der Waals surface area contributed by atoms with E-state index in [1.807, 2.05) is 6.07 Å². The van der Waals surface area contributed by atoms with E-state index in [0.717, 1.165) is 30.6 Å². The molecule has 1 aromatic rings. The highest BCUT2D eigenvalue weighted by atomic mass is 14.9. The van der Waals surface area contributed by atoms with E-state index in [0.29, 0.717) is 11.1 Å². The highest BCUT2D eigenvalue weighted by molar-refractivity contribution is 5.66. The molecule has 1 N–H and O–H groups in total. The maximum atomic E-state index is 8.91. The fourth-order valence-corrected chi connectivity index (χ4v) is 1.75. The maximum absolute atomic E-state index is 8.91. The molecule has 0 radical (unpaired) electrons. The fourth-order valence-electron chi connectivity index (χ4n) is 1.75. The Morgan fingerprint density at radius 2 is 2.07 bits per heavy atom. The first-order valence-corrected chi connectivity index (χ1v) is 4.56. The van der Waals surface area contributed by atoms with Crippen molar-refractivity contribution in [2.24, 2.45) is 0 Å². The summed E-state index contributed by atoms with van der Waals surface area (Å²) in [4.78, 5) is 0. The molecule has 0 bridgehead atoms. The zero-order valence-electron chi connectivity index (χ0n) is 7.67. The number of aryl methyl sites for hydroxylation is 1. The van der Waals surface area contributed by atoms with Crippen molar-refractivity contribution in [2.75, 3.05) is 11.9 Å². The Hall–Kier alpha value is -2.00. The molecule has 0 saturated carbocycles. The van der Waals surface area contributed by atoms with E-state index >= 15 is 0 Å². The average Bonchev–Trinajstić information content (AvgIpc) is 2.27. The maximum Gasteiger partial charge on any atom is 0.101 e. The number of anilines is 1. The number of hydrogen-bond donors (Lipinski definition) is 1. The van der Waals surface area contributed by atoms with Crippen molar-refractivity contribution in [1.29, 1.82) is 10.5 Å². The molecule has 0 aliphatic carbocycles. The number of nitrogens with one attached hydrogen (secondary N) is 1. The van der Waals surface area contributed by atoms with Crippen LogP contribution in [0.2, 0.25) is 0 Å². The lowest BCUT2D eigenvalue weighted by molar-refractivity contribution is 0.829. The van der Waals surface area contributed by atoms with Crippen molar-refractivity contribution in [1.82, 2.24) is 0 Å². The van der Waals surface area contributed by atoms with Gasteiger partial charge in [0.05, 0.1) is 22.9 Å². The minimum Gasteiger partial charge on any atom is -0.384 e. The molecule has 1 heterocycles. The summed E-state index contributed by atoms with van der Waals surface area (Å²) in [7, 11) is 0. The Bertz CT molecular complexity index is 449. The van der Waals surface area contributed by atoms with E-state index in [2.05, 4.69) is 17.5 Å². The van der Waals surface area contributed by atoms with Gasteiger partial charge in [-0.3, -0.25) is 0 Å². The molecule has 0 aromatic heterocycles. The molecule has 3 heteroatoms. The van der Waals surface area contributed by atoms with Crippen LogP contribution in [0.3, 0.4) is 0 Å². The zero-order valence-corrected chi connectivity index (χ0v) is 7.67. The number of rotatable bonds is 0. The number of fused-ring (bicyclic) bond motifs is 1. The second-order valence-corrected chi connectivity index (χ2v) is 3.31. The molecule has 14 heavy (non-hydrogen) atoms. The van der Waals surface area contributed by atoms with Gasteiger partial charge in [0.1, 0.15) is 6.07 Å². The first-order valence-electron chi connectivity index (χ1n) is 4.56. The number of hydrogen-bond acceptors (Lipinski definition) is 3. The summed E-state index contributed by atoms with van der Waals surface area (Å²) >= 11 is 0. The third-order valence-corrected chi connectivity index (χ3v) is 2.39. The van der Waals surface area contributed by atoms with E-state index in [-0.39, 0.29) is 0 Å². The Kier molecular flexibility index (Phi) is 2.08. The molecule has 2 rings (SSSR count). The van der Waals surface area contributed by atoms with Gasteiger partial charge in [-0.05, 0) is 30.5 Å². The van der Waals surface area contributed by atoms with Crippen molar-refractivity contribution in [3.63, 3.8) is 0 Å². The normalized spacial score (nSPS) is 13.3. The molecule has 0 fully saturated rings. The third kappa shape index (κ3) is 1.30. The van der Waals surface area contributed by atoms with E-state index in [9.17, 15) is 0 Å². The second-order valence-electron chi connectivity index (χ2n) is 3.31. The summed E-state index contributed by atoms with van der Waals surface area (Å²) in [6, 6.07) is 7.69. The summed E-state index contributed by atoms with van der Waals surface area (Å²) in [5.41, 5.74) is 3.16. The van der Waals surface area contributed by atoms with Gasteiger partial charge in [0.15, 0.2) is 0 Å². The Labute approximate surface area is 82.6 Å². The Morgan fingerprint density at radius 1 is 1.21 bits per heavy atom. The van der Waals surface area contributed by atoms with Crippen LogP contribution < -0.4 is 5.32 Å². The quantitative estimate of drug-likeness (QED) is 0.667. The van der Waals surface area contributed by atoms with Gasteiger partial charge in [0, 0.05) is 6.54 Å². The third-order valence-electron chi connectivity index (χ3n) is 2.39. The monoisotopic (exact) mass is 183 g/mol. The van der Waals surface area contributed by atoms with Crippen LogP contribution in [-0.4, -0.2) is 6.54 Å². The summed E-state index contributed by atoms with van der Waals surface area (Å²) in [5, 5.41) is 20.9. The van der Waals surface area contributed by atoms with Crippen LogP contribution in [0.1, 0.15) is 23.1 Å². The van der Waals surface area contributed by atoms with Crippen LogP contribution in [0.4, 0.5) is 5.69 Å². The van der Waals surface area contributed by atoms with Crippen molar-refractivity contribution < 1.29 is 0 Å². The molecule has 0 spiro atoms. The van der Waals surface area contributed by atoms with Crippen LogP contribution in [-0.2, 0) is 6.42 Å². The van der Waals surface area contributed by atoms with Gasteiger partial charge in [-0.15, -0.1) is 0 Å². The Morgan fingerprint density at radius 3 is 2.79 bits per heavy atom. The molecule has 68 valence electrons. The minimum absolute atomic E-state index is 0.573. The SMILES string of the molecule is N#Cc1cc(C#N)c2c(c1)CCCN2. The molecule has 1 aromatic carbocycles. The van der Waals surface area contributed by atoms with Crippen LogP contribution in [0.25, 0.3) is 0 Å². The fraction of sp³-hybridized carbons (Fsp3) is 0.273. The molecule has 0 atom stereocenters. The molecule has 0 unspecified atom stereocenters. The van der Waals surface area contributed by atoms with Gasteiger partial charge in [0.2, 0.25) is 0 Å². The van der Waals surface area contributed by atoms with Crippen LogP contribution in [0, 0.1) is 22.7 Å². The topological polar surface area (TPSA) is 59.6 Å². The molecule has 1 aliphatic heterocycles. The van der Waals surface area contributed by atoms with Crippen LogP contribution in [0.15, 0.2) is 12.1 Å². The molecular weight excluding hydrogens is 174 g/mol. The number of nitriles is 2. The van der Waals surface area contributed by atoms with Gasteiger partial charge in [-0.2, -0.15) is 10.5 Å². The first kappa shape index (κ1) is 8.59. The van der Waals surface area contributed by atoms with E-state index in [4.69, 9.17) is 10.5 Å². The van der Waals surface area contributed by atoms with Crippen molar-refractivity contribution in [3.8, 4) is 12.1 Å². The zero-order chi connectivity index (χ0) is 9.97. The number of benzene rings is 1. The Balaban J connectivity index is 2.61. The largest absolute Gasteiger partial charge is 0.384 e. The van der Waals surface area contributed by atoms with Gasteiger partial charge in [-0.25, -0.2) is 0 Å². The molecule has 0 amide bonds. The summed E-state index contributed by atoms with van der Waals surface area (Å²) < 4.78 is 0. The summed E-state index contributed by atoms with van der Waals surface area (Å²) in [6.07, 6.45) is 2.01. The standard InChI is InChI=1S/C11H9N3/c12-6-8-4-9-2-1-3-14-11(9)10(5-8)7-13/h4-5,14H,1-3H2. The molecule has 1 aliphatic rings. The predicted octanol–water partition coefficient (Wildman–Crippen LogP) is 1.79. The average molecular weight is 183 g/mol. The lowest BCUT2D eigenvalue weighted by atomic mass is 9.97. The van der Waals surface area contributed by atoms with Crippen molar-refractivity contribution in [3.05, 3.63) is 28.8 Å². The summed E-state index contributed by atoms with van der Waals surface area (Å²) in [6.45, 7) is 0.910. The summed E-state index contributed by atoms with van der Waals surface area (Å²) in [5.74, 6) is 0. The van der Waals surface area contributed by atoms with Gasteiger partial charge < -0.3 is 5.32 Å². The molecule has 0 saturated heterocycles. The highest BCUT2D eigenvalue weighted by Crippen LogP contribution is 2.26. The minimum atomic E-state index is 0.573. The second kappa shape index (κ2) is 3.40. The smallest absolute Gasteiger partial charge is 0.101 e. The van der Waals surface area contributed by atoms with Crippen molar-refractivity contribution >= 4 is 5.69 Å². The number of nitrogens with zero attached hydrogens (tertiary/aromatic N) is 2. The van der Waals surface area contributed by atoms with E-state index in [1.165, 1.54) is 0 Å².